The molecule has 0 aliphatic heterocycles. The molecule has 0 heterocycles. The lowest BCUT2D eigenvalue weighted by Crippen LogP contribution is -2.39. The fraction of sp³-hybridized carbons (Fsp3) is 0.200. The molecule has 0 atom stereocenters. The number of hydrogen-bond acceptors (Lipinski definition) is 6. The van der Waals surface area contributed by atoms with Gasteiger partial charge in [0.25, 0.3) is 5.91 Å². The zero-order valence-corrected chi connectivity index (χ0v) is 22.2. The second-order valence-electron chi connectivity index (χ2n) is 7.72. The molecule has 0 saturated heterocycles. The average molecular weight is 550 g/mol. The third-order valence-corrected chi connectivity index (χ3v) is 7.57. The summed E-state index contributed by atoms with van der Waals surface area (Å²) in [6, 6.07) is 16.2. The van der Waals surface area contributed by atoms with Crippen LogP contribution < -0.4 is 14.9 Å². The minimum atomic E-state index is -4.04. The van der Waals surface area contributed by atoms with Gasteiger partial charge in [-0.1, -0.05) is 47.0 Å². The zero-order valence-electron chi connectivity index (χ0n) is 19.9. The van der Waals surface area contributed by atoms with E-state index in [4.69, 9.17) is 32.7 Å². The van der Waals surface area contributed by atoms with Crippen molar-refractivity contribution < 1.29 is 22.7 Å². The average Bonchev–Trinajstić information content (AvgIpc) is 2.85. The smallest absolute Gasteiger partial charge is 0.255 e. The number of benzene rings is 3. The molecule has 8 nitrogen and oxygen atoms in total. The Morgan fingerprint density at radius 2 is 1.75 bits per heavy atom. The SMILES string of the molecule is COc1ccc(/C=N\NC(=O)CN(Cc2ccc(Cl)cc2Cl)S(=O)(=O)c2ccc(C)cc2)c(OC)c1. The monoisotopic (exact) mass is 549 g/mol. The summed E-state index contributed by atoms with van der Waals surface area (Å²) < 4.78 is 38.3. The van der Waals surface area contributed by atoms with Crippen molar-refractivity contribution in [2.75, 3.05) is 20.8 Å². The van der Waals surface area contributed by atoms with Gasteiger partial charge in [0.2, 0.25) is 10.0 Å². The number of aryl methyl sites for hydroxylation is 1. The van der Waals surface area contributed by atoms with Crippen LogP contribution in [0.2, 0.25) is 10.0 Å². The lowest BCUT2D eigenvalue weighted by atomic mass is 10.2. The molecule has 0 aliphatic carbocycles. The fourth-order valence-electron chi connectivity index (χ4n) is 3.22. The van der Waals surface area contributed by atoms with Gasteiger partial charge in [0, 0.05) is 28.2 Å². The number of nitrogens with one attached hydrogen (secondary N) is 1. The van der Waals surface area contributed by atoms with E-state index in [0.717, 1.165) is 9.87 Å². The first-order chi connectivity index (χ1) is 17.1. The van der Waals surface area contributed by atoms with Crippen LogP contribution in [-0.4, -0.2) is 45.6 Å². The summed E-state index contributed by atoms with van der Waals surface area (Å²) in [6.07, 6.45) is 1.39. The molecule has 3 aromatic rings. The summed E-state index contributed by atoms with van der Waals surface area (Å²) in [4.78, 5) is 12.8. The highest BCUT2D eigenvalue weighted by Gasteiger charge is 2.27. The molecule has 3 rings (SSSR count). The van der Waals surface area contributed by atoms with Crippen molar-refractivity contribution in [3.05, 3.63) is 87.4 Å². The Morgan fingerprint density at radius 1 is 1.03 bits per heavy atom. The summed E-state index contributed by atoms with van der Waals surface area (Å²) in [6.45, 7) is 1.22. The maximum atomic E-state index is 13.4. The van der Waals surface area contributed by atoms with E-state index < -0.39 is 22.5 Å². The highest BCUT2D eigenvalue weighted by atomic mass is 35.5. The summed E-state index contributed by atoms with van der Waals surface area (Å²) in [5.74, 6) is 0.457. The largest absolute Gasteiger partial charge is 0.497 e. The number of methoxy groups -OCH3 is 2. The molecule has 0 radical (unpaired) electrons. The molecule has 36 heavy (non-hydrogen) atoms. The number of hydrogen-bond donors (Lipinski definition) is 1. The van der Waals surface area contributed by atoms with E-state index in [1.54, 1.807) is 42.5 Å². The molecular formula is C25H25Cl2N3O5S. The van der Waals surface area contributed by atoms with Gasteiger partial charge in [0.05, 0.1) is 31.9 Å². The van der Waals surface area contributed by atoms with E-state index in [2.05, 4.69) is 10.5 Å². The quantitative estimate of drug-likeness (QED) is 0.293. The number of halogens is 2. The van der Waals surface area contributed by atoms with Crippen molar-refractivity contribution in [2.45, 2.75) is 18.4 Å². The topological polar surface area (TPSA) is 97.3 Å². The van der Waals surface area contributed by atoms with Crippen LogP contribution in [0.5, 0.6) is 11.5 Å². The first-order valence-corrected chi connectivity index (χ1v) is 12.9. The molecule has 1 N–H and O–H groups in total. The standard InChI is InChI=1S/C25H25Cl2N3O5S/c1-17-4-10-22(11-5-17)36(32,33)30(15-19-6-8-20(26)12-23(19)27)16-25(31)29-28-14-18-7-9-21(34-2)13-24(18)35-3/h4-14H,15-16H2,1-3H3,(H,29,31)/b28-14-. The van der Waals surface area contributed by atoms with Crippen LogP contribution in [0.1, 0.15) is 16.7 Å². The number of amides is 1. The Hall–Kier alpha value is -3.11. The van der Waals surface area contributed by atoms with E-state index in [9.17, 15) is 13.2 Å². The van der Waals surface area contributed by atoms with Crippen molar-refractivity contribution >= 4 is 45.3 Å². The number of nitrogens with zero attached hydrogens (tertiary/aromatic N) is 2. The molecule has 0 saturated carbocycles. The van der Waals surface area contributed by atoms with E-state index in [1.807, 2.05) is 6.92 Å². The molecule has 0 unspecified atom stereocenters. The lowest BCUT2D eigenvalue weighted by Gasteiger charge is -2.22. The van der Waals surface area contributed by atoms with Crippen LogP contribution >= 0.6 is 23.2 Å². The predicted octanol–water partition coefficient (Wildman–Crippen LogP) is 4.66. The Bertz CT molecular complexity index is 1360. The number of sulfonamides is 1. The van der Waals surface area contributed by atoms with Crippen LogP contribution in [-0.2, 0) is 21.4 Å². The van der Waals surface area contributed by atoms with Gasteiger partial charge in [0.1, 0.15) is 11.5 Å². The number of carbonyl (C=O) groups excluding carboxylic acids is 1. The van der Waals surface area contributed by atoms with Crippen molar-refractivity contribution in [2.24, 2.45) is 5.10 Å². The summed E-state index contributed by atoms with van der Waals surface area (Å²) in [5.41, 5.74) is 4.36. The van der Waals surface area contributed by atoms with E-state index in [-0.39, 0.29) is 16.5 Å². The van der Waals surface area contributed by atoms with E-state index in [0.29, 0.717) is 27.6 Å². The first kappa shape index (κ1) is 27.5. The highest BCUT2D eigenvalue weighted by molar-refractivity contribution is 7.89. The Kier molecular flexibility index (Phi) is 9.33. The van der Waals surface area contributed by atoms with Crippen molar-refractivity contribution in [3.8, 4) is 11.5 Å². The molecule has 1 amide bonds. The Labute approximate surface area is 220 Å². The molecule has 0 aromatic heterocycles. The van der Waals surface area contributed by atoms with E-state index >= 15 is 0 Å². The van der Waals surface area contributed by atoms with Crippen LogP contribution in [0.4, 0.5) is 0 Å². The van der Waals surface area contributed by atoms with Crippen LogP contribution in [0.15, 0.2) is 70.7 Å². The van der Waals surface area contributed by atoms with Crippen LogP contribution in [0.3, 0.4) is 0 Å². The number of carbonyl (C=O) groups is 1. The second kappa shape index (κ2) is 12.2. The molecule has 3 aromatic carbocycles. The molecule has 190 valence electrons. The van der Waals surface area contributed by atoms with Gasteiger partial charge in [-0.2, -0.15) is 9.41 Å². The van der Waals surface area contributed by atoms with Crippen LogP contribution in [0, 0.1) is 6.92 Å². The molecule has 0 aliphatic rings. The maximum Gasteiger partial charge on any atom is 0.255 e. The van der Waals surface area contributed by atoms with Crippen molar-refractivity contribution in [3.63, 3.8) is 0 Å². The summed E-state index contributed by atoms with van der Waals surface area (Å²) >= 11 is 12.3. The van der Waals surface area contributed by atoms with Gasteiger partial charge < -0.3 is 9.47 Å². The Morgan fingerprint density at radius 3 is 2.39 bits per heavy atom. The van der Waals surface area contributed by atoms with E-state index in [1.165, 1.54) is 38.6 Å². The van der Waals surface area contributed by atoms with Crippen molar-refractivity contribution in [1.82, 2.24) is 9.73 Å². The molecular weight excluding hydrogens is 525 g/mol. The highest BCUT2D eigenvalue weighted by Crippen LogP contribution is 2.26. The van der Waals surface area contributed by atoms with Crippen LogP contribution in [0.25, 0.3) is 0 Å². The van der Waals surface area contributed by atoms with Gasteiger partial charge in [0.15, 0.2) is 0 Å². The normalized spacial score (nSPS) is 11.6. The minimum absolute atomic E-state index is 0.0532. The molecule has 0 bridgehead atoms. The first-order valence-electron chi connectivity index (χ1n) is 10.7. The molecule has 11 heteroatoms. The number of hydrazone groups is 1. The maximum absolute atomic E-state index is 13.4. The Balaban J connectivity index is 1.82. The fourth-order valence-corrected chi connectivity index (χ4v) is 5.06. The zero-order chi connectivity index (χ0) is 26.3. The summed E-state index contributed by atoms with van der Waals surface area (Å²) in [5, 5.41) is 4.65. The van der Waals surface area contributed by atoms with Gasteiger partial charge in [-0.25, -0.2) is 13.8 Å². The summed E-state index contributed by atoms with van der Waals surface area (Å²) in [7, 11) is -1.000. The van der Waals surface area contributed by atoms with Gasteiger partial charge >= 0.3 is 0 Å². The second-order valence-corrected chi connectivity index (χ2v) is 10.5. The number of ether oxygens (including phenoxy) is 2. The lowest BCUT2D eigenvalue weighted by molar-refractivity contribution is -0.121. The molecule has 0 spiro atoms. The predicted molar refractivity (Wildman–Crippen MR) is 141 cm³/mol. The molecule has 0 fully saturated rings. The van der Waals surface area contributed by atoms with Gasteiger partial charge in [-0.3, -0.25) is 4.79 Å². The third-order valence-electron chi connectivity index (χ3n) is 5.17. The van der Waals surface area contributed by atoms with Gasteiger partial charge in [-0.15, -0.1) is 0 Å². The third kappa shape index (κ3) is 6.98. The van der Waals surface area contributed by atoms with Gasteiger partial charge in [-0.05, 0) is 48.9 Å². The van der Waals surface area contributed by atoms with Crippen molar-refractivity contribution in [1.29, 1.82) is 0 Å². The number of rotatable bonds is 10. The minimum Gasteiger partial charge on any atom is -0.497 e.